The smallest absolute Gasteiger partial charge is 0.263 e. The summed E-state index contributed by atoms with van der Waals surface area (Å²) >= 11 is 13.2. The van der Waals surface area contributed by atoms with E-state index in [1.54, 1.807) is 24.4 Å². The van der Waals surface area contributed by atoms with Gasteiger partial charge in [-0.3, -0.25) is 4.79 Å². The van der Waals surface area contributed by atoms with Crippen molar-refractivity contribution in [1.29, 1.82) is 0 Å². The number of aliphatic hydroxyl groups excluding tert-OH is 1. The van der Waals surface area contributed by atoms with Gasteiger partial charge in [-0.1, -0.05) is 36.2 Å². The van der Waals surface area contributed by atoms with E-state index in [4.69, 9.17) is 23.2 Å². The molecule has 1 aromatic carbocycles. The van der Waals surface area contributed by atoms with E-state index in [1.165, 1.54) is 11.3 Å². The summed E-state index contributed by atoms with van der Waals surface area (Å²) in [6.45, 7) is 2.05. The van der Waals surface area contributed by atoms with Crippen molar-refractivity contribution in [2.45, 2.75) is 19.4 Å². The number of thiazole rings is 1. The van der Waals surface area contributed by atoms with Crippen molar-refractivity contribution >= 4 is 40.4 Å². The van der Waals surface area contributed by atoms with Gasteiger partial charge in [0.25, 0.3) is 5.91 Å². The summed E-state index contributed by atoms with van der Waals surface area (Å²) in [7, 11) is 0. The van der Waals surface area contributed by atoms with Crippen LogP contribution in [0.2, 0.25) is 10.0 Å². The number of aliphatic hydroxyl groups is 1. The zero-order chi connectivity index (χ0) is 15.4. The van der Waals surface area contributed by atoms with Crippen LogP contribution in [0.15, 0.2) is 24.4 Å². The van der Waals surface area contributed by atoms with Crippen LogP contribution in [0.25, 0.3) is 0 Å². The summed E-state index contributed by atoms with van der Waals surface area (Å²) in [5.41, 5.74) is 0.528. The number of rotatable bonds is 5. The molecule has 21 heavy (non-hydrogen) atoms. The second-order valence-electron chi connectivity index (χ2n) is 4.36. The Morgan fingerprint density at radius 3 is 2.86 bits per heavy atom. The van der Waals surface area contributed by atoms with E-state index in [2.05, 4.69) is 10.3 Å². The third-order valence-corrected chi connectivity index (χ3v) is 4.56. The number of aryl methyl sites for hydroxylation is 1. The van der Waals surface area contributed by atoms with Crippen molar-refractivity contribution in [3.05, 3.63) is 49.9 Å². The highest BCUT2D eigenvalue weighted by Crippen LogP contribution is 2.26. The van der Waals surface area contributed by atoms with Gasteiger partial charge < -0.3 is 10.4 Å². The second kappa shape index (κ2) is 7.22. The minimum Gasteiger partial charge on any atom is -0.387 e. The summed E-state index contributed by atoms with van der Waals surface area (Å²) in [6, 6.07) is 4.84. The molecule has 0 saturated heterocycles. The van der Waals surface area contributed by atoms with Crippen LogP contribution in [-0.4, -0.2) is 22.5 Å². The van der Waals surface area contributed by atoms with Crippen LogP contribution in [0.3, 0.4) is 0 Å². The highest BCUT2D eigenvalue weighted by Gasteiger charge is 2.15. The predicted molar refractivity (Wildman–Crippen MR) is 85.2 cm³/mol. The van der Waals surface area contributed by atoms with Crippen LogP contribution in [0, 0.1) is 0 Å². The molecule has 112 valence electrons. The van der Waals surface area contributed by atoms with Crippen LogP contribution in [0.5, 0.6) is 0 Å². The summed E-state index contributed by atoms with van der Waals surface area (Å²) in [4.78, 5) is 16.6. The second-order valence-corrected chi connectivity index (χ2v) is 6.32. The molecule has 0 bridgehead atoms. The van der Waals surface area contributed by atoms with Gasteiger partial charge in [-0.15, -0.1) is 11.3 Å². The number of benzene rings is 1. The van der Waals surface area contributed by atoms with Gasteiger partial charge in [0.05, 0.1) is 17.3 Å². The van der Waals surface area contributed by atoms with Crippen LogP contribution in [0.1, 0.15) is 33.3 Å². The summed E-state index contributed by atoms with van der Waals surface area (Å²) in [5, 5.41) is 14.5. The molecule has 0 aliphatic heterocycles. The highest BCUT2D eigenvalue weighted by atomic mass is 35.5. The third-order valence-electron chi connectivity index (χ3n) is 2.86. The Morgan fingerprint density at radius 1 is 1.48 bits per heavy atom. The maximum Gasteiger partial charge on any atom is 0.263 e. The molecule has 2 N–H and O–H groups in total. The van der Waals surface area contributed by atoms with Gasteiger partial charge in [0.15, 0.2) is 0 Å². The Balaban J connectivity index is 1.97. The molecule has 1 amide bonds. The summed E-state index contributed by atoms with van der Waals surface area (Å²) < 4.78 is 0. The van der Waals surface area contributed by atoms with E-state index in [-0.39, 0.29) is 12.5 Å². The van der Waals surface area contributed by atoms with Crippen LogP contribution >= 0.6 is 34.5 Å². The first-order valence-electron chi connectivity index (χ1n) is 6.37. The van der Waals surface area contributed by atoms with E-state index < -0.39 is 6.10 Å². The fourth-order valence-electron chi connectivity index (χ4n) is 1.74. The molecule has 1 unspecified atom stereocenters. The highest BCUT2D eigenvalue weighted by molar-refractivity contribution is 7.13. The lowest BCUT2D eigenvalue weighted by Crippen LogP contribution is -2.27. The van der Waals surface area contributed by atoms with Crippen molar-refractivity contribution in [3.63, 3.8) is 0 Å². The lowest BCUT2D eigenvalue weighted by atomic mass is 10.1. The zero-order valence-electron chi connectivity index (χ0n) is 11.3. The number of hydrogen-bond acceptors (Lipinski definition) is 4. The molecule has 0 aliphatic rings. The fourth-order valence-corrected chi connectivity index (χ4v) is 3.05. The maximum absolute atomic E-state index is 11.9. The summed E-state index contributed by atoms with van der Waals surface area (Å²) in [6.07, 6.45) is 1.44. The first-order chi connectivity index (χ1) is 10.0. The van der Waals surface area contributed by atoms with E-state index in [0.29, 0.717) is 20.5 Å². The minimum atomic E-state index is -0.891. The number of amides is 1. The molecule has 1 aromatic heterocycles. The Morgan fingerprint density at radius 2 is 2.24 bits per heavy atom. The molecule has 4 nitrogen and oxygen atoms in total. The zero-order valence-corrected chi connectivity index (χ0v) is 13.6. The number of aromatic nitrogens is 1. The number of carbonyl (C=O) groups is 1. The Labute approximate surface area is 136 Å². The quantitative estimate of drug-likeness (QED) is 0.872. The van der Waals surface area contributed by atoms with Crippen LogP contribution in [0.4, 0.5) is 0 Å². The molecular formula is C14H14Cl2N2O2S. The molecule has 7 heteroatoms. The molecule has 0 fully saturated rings. The van der Waals surface area contributed by atoms with E-state index in [1.807, 2.05) is 6.92 Å². The molecule has 1 atom stereocenters. The fraction of sp³-hybridized carbons (Fsp3) is 0.286. The SMILES string of the molecule is CCc1ncc(C(=O)NCC(O)c2ccc(Cl)cc2Cl)s1. The molecule has 2 aromatic rings. The van der Waals surface area contributed by atoms with Gasteiger partial charge in [0.1, 0.15) is 4.88 Å². The number of nitrogens with one attached hydrogen (secondary N) is 1. The van der Waals surface area contributed by atoms with E-state index >= 15 is 0 Å². The summed E-state index contributed by atoms with van der Waals surface area (Å²) in [5.74, 6) is -0.253. The normalized spacial score (nSPS) is 12.2. The topological polar surface area (TPSA) is 62.2 Å². The standard InChI is InChI=1S/C14H14Cl2N2O2S/c1-2-13-17-7-12(21-13)14(20)18-6-11(19)9-4-3-8(15)5-10(9)16/h3-5,7,11,19H,2,6H2,1H3,(H,18,20). The van der Waals surface area contributed by atoms with Gasteiger partial charge in [0, 0.05) is 22.2 Å². The first-order valence-corrected chi connectivity index (χ1v) is 7.94. The molecular weight excluding hydrogens is 331 g/mol. The largest absolute Gasteiger partial charge is 0.387 e. The maximum atomic E-state index is 11.9. The van der Waals surface area contributed by atoms with Crippen molar-refractivity contribution in [2.75, 3.05) is 6.54 Å². The molecule has 1 heterocycles. The van der Waals surface area contributed by atoms with Crippen molar-refractivity contribution in [3.8, 4) is 0 Å². The number of nitrogens with zero attached hydrogens (tertiary/aromatic N) is 1. The lowest BCUT2D eigenvalue weighted by Gasteiger charge is -2.13. The lowest BCUT2D eigenvalue weighted by molar-refractivity contribution is 0.0920. The molecule has 0 spiro atoms. The number of halogens is 2. The van der Waals surface area contributed by atoms with Gasteiger partial charge in [-0.05, 0) is 18.6 Å². The molecule has 0 radical (unpaired) electrons. The molecule has 0 aliphatic carbocycles. The molecule has 0 saturated carbocycles. The van der Waals surface area contributed by atoms with E-state index in [9.17, 15) is 9.90 Å². The minimum absolute atomic E-state index is 0.0690. The molecule has 2 rings (SSSR count). The average Bonchev–Trinajstić information content (AvgIpc) is 2.93. The average molecular weight is 345 g/mol. The number of carbonyl (C=O) groups excluding carboxylic acids is 1. The van der Waals surface area contributed by atoms with Gasteiger partial charge in [-0.2, -0.15) is 0 Å². The van der Waals surface area contributed by atoms with E-state index in [0.717, 1.165) is 11.4 Å². The van der Waals surface area contributed by atoms with Crippen LogP contribution < -0.4 is 5.32 Å². The Kier molecular flexibility index (Phi) is 5.58. The third kappa shape index (κ3) is 4.17. The monoisotopic (exact) mass is 344 g/mol. The Bertz CT molecular complexity index is 646. The predicted octanol–water partition coefficient (Wildman–Crippen LogP) is 3.48. The van der Waals surface area contributed by atoms with Crippen LogP contribution in [-0.2, 0) is 6.42 Å². The first kappa shape index (κ1) is 16.2. The van der Waals surface area contributed by atoms with Gasteiger partial charge >= 0.3 is 0 Å². The van der Waals surface area contributed by atoms with Gasteiger partial charge in [0.2, 0.25) is 0 Å². The van der Waals surface area contributed by atoms with Crippen molar-refractivity contribution < 1.29 is 9.90 Å². The van der Waals surface area contributed by atoms with Gasteiger partial charge in [-0.25, -0.2) is 4.98 Å². The Hall–Kier alpha value is -1.14. The number of hydrogen-bond donors (Lipinski definition) is 2. The van der Waals surface area contributed by atoms with Crippen molar-refractivity contribution in [2.24, 2.45) is 0 Å². The van der Waals surface area contributed by atoms with Crippen molar-refractivity contribution in [1.82, 2.24) is 10.3 Å².